The summed E-state index contributed by atoms with van der Waals surface area (Å²) < 4.78 is 5.92. The van der Waals surface area contributed by atoms with Crippen molar-refractivity contribution < 1.29 is 24.5 Å². The molecule has 0 bridgehead atoms. The van der Waals surface area contributed by atoms with E-state index in [1.54, 1.807) is 0 Å². The third kappa shape index (κ3) is 42.8. The Morgan fingerprint density at radius 2 is 0.850 bits per heavy atom. The van der Waals surface area contributed by atoms with Crippen LogP contribution in [0.15, 0.2) is 36.5 Å². The van der Waals surface area contributed by atoms with E-state index >= 15 is 0 Å². The molecule has 0 radical (unpaired) electrons. The lowest BCUT2D eigenvalue weighted by molar-refractivity contribution is -0.151. The average molecular weight is 844 g/mol. The van der Waals surface area contributed by atoms with Crippen molar-refractivity contribution in [2.75, 3.05) is 6.61 Å². The van der Waals surface area contributed by atoms with Crippen molar-refractivity contribution in [2.24, 2.45) is 0 Å². The number of amides is 1. The van der Waals surface area contributed by atoms with Gasteiger partial charge < -0.3 is 20.3 Å². The molecule has 0 rings (SSSR count). The number of hydrogen-bond acceptors (Lipinski definition) is 5. The highest BCUT2D eigenvalue weighted by molar-refractivity contribution is 5.77. The monoisotopic (exact) mass is 844 g/mol. The minimum Gasteiger partial charge on any atom is -0.462 e. The molecular formula is C54H101NO5. The number of unbranched alkanes of at least 4 members (excludes halogenated alkanes) is 29. The zero-order valence-electron chi connectivity index (χ0n) is 40.1. The van der Waals surface area contributed by atoms with Crippen LogP contribution in [0.3, 0.4) is 0 Å². The van der Waals surface area contributed by atoms with Crippen LogP contribution in [0, 0.1) is 0 Å². The van der Waals surface area contributed by atoms with E-state index in [4.69, 9.17) is 4.74 Å². The Bertz CT molecular complexity index is 993. The molecule has 0 aliphatic rings. The van der Waals surface area contributed by atoms with Crippen LogP contribution in [0.25, 0.3) is 0 Å². The summed E-state index contributed by atoms with van der Waals surface area (Å²) in [6.45, 7) is 6.45. The molecule has 3 unspecified atom stereocenters. The van der Waals surface area contributed by atoms with E-state index in [0.29, 0.717) is 19.3 Å². The molecule has 0 aromatic rings. The third-order valence-corrected chi connectivity index (χ3v) is 11.9. The number of carbonyl (C=O) groups excluding carboxylic acids is 2. The highest BCUT2D eigenvalue weighted by atomic mass is 16.5. The van der Waals surface area contributed by atoms with Crippen LogP contribution in [0.4, 0.5) is 0 Å². The highest BCUT2D eigenvalue weighted by Gasteiger charge is 2.24. The number of esters is 1. The van der Waals surface area contributed by atoms with Gasteiger partial charge in [-0.05, 0) is 83.5 Å². The van der Waals surface area contributed by atoms with Crippen molar-refractivity contribution >= 4 is 11.9 Å². The SMILES string of the molecule is CCCCC/C=C\C/C=C\CCCCCCCC(CC(=O)NC(CO)C(O)CCCCCCCCCCCCCCC)OC(=O)CCCCC/C=C\CCCCCCCC. The molecule has 3 atom stereocenters. The number of ether oxygens (including phenoxy) is 1. The normalized spacial score (nSPS) is 13.5. The fourth-order valence-corrected chi connectivity index (χ4v) is 7.93. The number of aliphatic hydroxyl groups excluding tert-OH is 2. The molecule has 3 N–H and O–H groups in total. The second kappa shape index (κ2) is 48.1. The molecule has 0 spiro atoms. The quantitative estimate of drug-likeness (QED) is 0.0322. The van der Waals surface area contributed by atoms with E-state index in [2.05, 4.69) is 62.5 Å². The van der Waals surface area contributed by atoms with E-state index in [1.165, 1.54) is 148 Å². The largest absolute Gasteiger partial charge is 0.462 e. The number of hydrogen-bond donors (Lipinski definition) is 3. The molecule has 0 saturated carbocycles. The zero-order chi connectivity index (χ0) is 43.8. The van der Waals surface area contributed by atoms with Gasteiger partial charge in [0.05, 0.1) is 25.2 Å². The number of aliphatic hydroxyl groups is 2. The fourth-order valence-electron chi connectivity index (χ4n) is 7.93. The van der Waals surface area contributed by atoms with Crippen molar-refractivity contribution in [2.45, 2.75) is 289 Å². The number of allylic oxidation sites excluding steroid dienone is 6. The summed E-state index contributed by atoms with van der Waals surface area (Å²) in [6.07, 6.45) is 56.3. The van der Waals surface area contributed by atoms with Crippen molar-refractivity contribution in [3.63, 3.8) is 0 Å². The molecule has 0 aromatic carbocycles. The van der Waals surface area contributed by atoms with Crippen LogP contribution in [-0.4, -0.2) is 46.9 Å². The number of rotatable bonds is 47. The molecule has 352 valence electrons. The van der Waals surface area contributed by atoms with Gasteiger partial charge in [-0.25, -0.2) is 0 Å². The van der Waals surface area contributed by atoms with Gasteiger partial charge in [-0.15, -0.1) is 0 Å². The molecule has 0 saturated heterocycles. The van der Waals surface area contributed by atoms with Gasteiger partial charge in [-0.3, -0.25) is 9.59 Å². The first-order chi connectivity index (χ1) is 29.5. The van der Waals surface area contributed by atoms with E-state index in [0.717, 1.165) is 77.0 Å². The summed E-state index contributed by atoms with van der Waals surface area (Å²) in [5.74, 6) is -0.498. The minimum atomic E-state index is -0.792. The van der Waals surface area contributed by atoms with Gasteiger partial charge in [0.1, 0.15) is 6.10 Å². The van der Waals surface area contributed by atoms with Crippen LogP contribution in [-0.2, 0) is 14.3 Å². The second-order valence-electron chi connectivity index (χ2n) is 17.9. The van der Waals surface area contributed by atoms with Crippen LogP contribution in [0.2, 0.25) is 0 Å². The molecule has 0 heterocycles. The maximum absolute atomic E-state index is 13.2. The van der Waals surface area contributed by atoms with E-state index in [9.17, 15) is 19.8 Å². The molecule has 0 aliphatic heterocycles. The standard InChI is InChI=1S/C54H101NO5/c1-4-7-10-13-16-19-22-25-26-29-30-33-36-39-42-45-50(60-54(59)47-44-41-38-35-32-28-24-21-18-15-12-9-6-3)48-53(58)55-51(49-56)52(57)46-43-40-37-34-31-27-23-20-17-14-11-8-5-2/h16,19,25-26,28,32,50-52,56-57H,4-15,17-18,20-24,27,29-31,33-49H2,1-3H3,(H,55,58)/b19-16-,26-25-,32-28-. The maximum Gasteiger partial charge on any atom is 0.306 e. The average Bonchev–Trinajstić information content (AvgIpc) is 3.24. The summed E-state index contributed by atoms with van der Waals surface area (Å²) in [6, 6.07) is -0.707. The number of nitrogens with one attached hydrogen (secondary N) is 1. The second-order valence-corrected chi connectivity index (χ2v) is 17.9. The summed E-state index contributed by atoms with van der Waals surface area (Å²) in [5, 5.41) is 23.8. The van der Waals surface area contributed by atoms with E-state index in [-0.39, 0.29) is 24.9 Å². The molecule has 0 aliphatic carbocycles. The van der Waals surface area contributed by atoms with Crippen LogP contribution in [0.5, 0.6) is 0 Å². The zero-order valence-corrected chi connectivity index (χ0v) is 40.1. The first-order valence-electron chi connectivity index (χ1n) is 26.2. The molecule has 1 amide bonds. The summed E-state index contributed by atoms with van der Waals surface area (Å²) in [4.78, 5) is 26.1. The number of carbonyl (C=O) groups is 2. The Morgan fingerprint density at radius 1 is 0.483 bits per heavy atom. The Kier molecular flexibility index (Phi) is 46.6. The van der Waals surface area contributed by atoms with Gasteiger partial charge in [0.2, 0.25) is 5.91 Å². The van der Waals surface area contributed by atoms with Crippen molar-refractivity contribution in [1.29, 1.82) is 0 Å². The van der Waals surface area contributed by atoms with E-state index in [1.807, 2.05) is 0 Å². The molecule has 60 heavy (non-hydrogen) atoms. The van der Waals surface area contributed by atoms with E-state index < -0.39 is 18.2 Å². The Balaban J connectivity index is 4.61. The van der Waals surface area contributed by atoms with Crippen LogP contribution in [0.1, 0.15) is 271 Å². The molecule has 6 heteroatoms. The Labute approximate surface area is 373 Å². The van der Waals surface area contributed by atoms with Crippen molar-refractivity contribution in [3.05, 3.63) is 36.5 Å². The van der Waals surface area contributed by atoms with Crippen molar-refractivity contribution in [1.82, 2.24) is 5.32 Å². The molecule has 6 nitrogen and oxygen atoms in total. The maximum atomic E-state index is 13.2. The van der Waals surface area contributed by atoms with Gasteiger partial charge >= 0.3 is 5.97 Å². The minimum absolute atomic E-state index is 0.0644. The lowest BCUT2D eigenvalue weighted by Gasteiger charge is -2.24. The first-order valence-corrected chi connectivity index (χ1v) is 26.2. The van der Waals surface area contributed by atoms with Gasteiger partial charge in [-0.1, -0.05) is 211 Å². The summed E-state index contributed by atoms with van der Waals surface area (Å²) >= 11 is 0. The smallest absolute Gasteiger partial charge is 0.306 e. The molecule has 0 fully saturated rings. The predicted molar refractivity (Wildman–Crippen MR) is 259 cm³/mol. The molecule has 0 aromatic heterocycles. The van der Waals surface area contributed by atoms with Gasteiger partial charge in [0, 0.05) is 6.42 Å². The summed E-state index contributed by atoms with van der Waals surface area (Å²) in [5.41, 5.74) is 0. The topological polar surface area (TPSA) is 95.9 Å². The van der Waals surface area contributed by atoms with Crippen LogP contribution < -0.4 is 5.32 Å². The van der Waals surface area contributed by atoms with Crippen molar-refractivity contribution in [3.8, 4) is 0 Å². The third-order valence-electron chi connectivity index (χ3n) is 11.9. The Morgan fingerprint density at radius 3 is 1.32 bits per heavy atom. The lowest BCUT2D eigenvalue weighted by Crippen LogP contribution is -2.46. The van der Waals surface area contributed by atoms with Crippen LogP contribution >= 0.6 is 0 Å². The van der Waals surface area contributed by atoms with Gasteiger partial charge in [-0.2, -0.15) is 0 Å². The van der Waals surface area contributed by atoms with Gasteiger partial charge in [0.25, 0.3) is 0 Å². The first kappa shape index (κ1) is 58.1. The highest BCUT2D eigenvalue weighted by Crippen LogP contribution is 2.18. The van der Waals surface area contributed by atoms with Gasteiger partial charge in [0.15, 0.2) is 0 Å². The summed E-state index contributed by atoms with van der Waals surface area (Å²) in [7, 11) is 0. The Hall–Kier alpha value is -1.92. The predicted octanol–water partition coefficient (Wildman–Crippen LogP) is 15.7. The fraction of sp³-hybridized carbons (Fsp3) is 0.852. The lowest BCUT2D eigenvalue weighted by atomic mass is 10.0. The molecular weight excluding hydrogens is 743 g/mol.